The van der Waals surface area contributed by atoms with E-state index in [0.29, 0.717) is 5.41 Å². The van der Waals surface area contributed by atoms with Crippen molar-refractivity contribution in [2.24, 2.45) is 0 Å². The molecule has 2 saturated heterocycles. The van der Waals surface area contributed by atoms with Gasteiger partial charge in [-0.2, -0.15) is 0 Å². The average Bonchev–Trinajstić information content (AvgIpc) is 2.85. The molecule has 41 heavy (non-hydrogen) atoms. The molecule has 0 aromatic carbocycles. The maximum absolute atomic E-state index is 12.0. The Hall–Kier alpha value is -0.820. The van der Waals surface area contributed by atoms with Crippen LogP contribution in [0.4, 0.5) is 0 Å². The molecule has 0 aliphatic carbocycles. The molecule has 2 fully saturated rings. The second-order valence-corrected chi connectivity index (χ2v) is 11.7. The number of ether oxygens (including phenoxy) is 6. The van der Waals surface area contributed by atoms with Crippen LogP contribution in [-0.2, 0) is 62.4 Å². The fourth-order valence-electron chi connectivity index (χ4n) is 4.11. The van der Waals surface area contributed by atoms with Crippen LogP contribution in [0, 0.1) is 0 Å². The summed E-state index contributed by atoms with van der Waals surface area (Å²) in [6.07, 6.45) is -15.1. The molecule has 2 aliphatic heterocycles. The van der Waals surface area contributed by atoms with Gasteiger partial charge in [-0.15, -0.1) is 0 Å². The number of aliphatic carboxylic acids is 1. The van der Waals surface area contributed by atoms with Gasteiger partial charge in [-0.25, -0.2) is 21.6 Å². The van der Waals surface area contributed by atoms with Gasteiger partial charge in [-0.1, -0.05) is 6.58 Å². The first-order chi connectivity index (χ1) is 18.5. The van der Waals surface area contributed by atoms with E-state index in [2.05, 4.69) is 16.1 Å². The molecule has 0 spiro atoms. The van der Waals surface area contributed by atoms with Gasteiger partial charge >= 0.3 is 35.5 Å². The Morgan fingerprint density at radius 3 is 2.15 bits per heavy atom. The molecule has 2 aliphatic rings. The number of methoxy groups -OCH3 is 2. The van der Waals surface area contributed by atoms with Crippen LogP contribution in [0.5, 0.6) is 0 Å². The van der Waals surface area contributed by atoms with Gasteiger partial charge in [0, 0.05) is 26.6 Å². The zero-order valence-corrected chi connectivity index (χ0v) is 26.2. The summed E-state index contributed by atoms with van der Waals surface area (Å²) < 4.78 is 94.2. The number of aliphatic hydroxyl groups is 2. The number of carboxylic acids is 1. The Labute approximate surface area is 258 Å². The van der Waals surface area contributed by atoms with Crippen LogP contribution in [-0.4, -0.2) is 143 Å². The van der Waals surface area contributed by atoms with Crippen LogP contribution in [0.1, 0.15) is 6.92 Å². The summed E-state index contributed by atoms with van der Waals surface area (Å²) in [6, 6.07) is -1.34. The Morgan fingerprint density at radius 2 is 1.66 bits per heavy atom. The molecule has 0 saturated carbocycles. The van der Waals surface area contributed by atoms with E-state index >= 15 is 0 Å². The summed E-state index contributed by atoms with van der Waals surface area (Å²) in [7, 11) is -6.84. The van der Waals surface area contributed by atoms with E-state index < -0.39 is 112 Å². The number of sulfone groups is 1. The topological polar surface area (TPSA) is 263 Å². The minimum Gasteiger partial charge on any atom is -0.726 e. The molecule has 4 N–H and O–H groups in total. The number of amides is 1. The van der Waals surface area contributed by atoms with E-state index in [4.69, 9.17) is 28.4 Å². The molecule has 0 aromatic heterocycles. The fraction of sp³-hybridized carbons (Fsp3) is 0.800. The van der Waals surface area contributed by atoms with Gasteiger partial charge in [0.15, 0.2) is 28.5 Å². The first-order valence-corrected chi connectivity index (χ1v) is 14.5. The molecule has 0 aromatic rings. The summed E-state index contributed by atoms with van der Waals surface area (Å²) in [5.74, 6) is -2.91. The van der Waals surface area contributed by atoms with E-state index in [1.54, 1.807) is 0 Å². The normalized spacial score (nSPS) is 34.3. The van der Waals surface area contributed by atoms with Gasteiger partial charge < -0.3 is 53.6 Å². The number of carbonyl (C=O) groups is 2. The Balaban J connectivity index is 0.00000840. The number of carboxylic acid groups (broad SMARTS) is 1. The summed E-state index contributed by atoms with van der Waals surface area (Å²) in [4.78, 5) is 23.7. The largest absolute Gasteiger partial charge is 1.00 e. The van der Waals surface area contributed by atoms with Crippen LogP contribution >= 0.6 is 0 Å². The Kier molecular flexibility index (Phi) is 15.2. The summed E-state index contributed by atoms with van der Waals surface area (Å²) in [6.45, 7) is 2.73. The fourth-order valence-corrected chi connectivity index (χ4v) is 4.91. The quantitative estimate of drug-likeness (QED) is 0.0777. The predicted octanol–water partition coefficient (Wildman–Crippen LogP) is -6.78. The van der Waals surface area contributed by atoms with Gasteiger partial charge in [0.2, 0.25) is 16.3 Å². The van der Waals surface area contributed by atoms with Crippen molar-refractivity contribution in [3.63, 3.8) is 0 Å². The van der Waals surface area contributed by atoms with E-state index in [1.807, 2.05) is 0 Å². The Morgan fingerprint density at radius 1 is 1.02 bits per heavy atom. The van der Waals surface area contributed by atoms with Crippen molar-refractivity contribution in [1.82, 2.24) is 5.32 Å². The molecule has 0 bridgehead atoms. The molecule has 2 rings (SSSR count). The third kappa shape index (κ3) is 10.7. The molecule has 232 valence electrons. The average molecular weight is 646 g/mol. The number of carbonyl (C=O) groups excluding carboxylic acids is 1. The third-order valence-electron chi connectivity index (χ3n) is 5.91. The second-order valence-electron chi connectivity index (χ2n) is 8.61. The molecular formula is C20H32NNaO17S2. The summed E-state index contributed by atoms with van der Waals surface area (Å²) in [5, 5.41) is 33.6. The van der Waals surface area contributed by atoms with Crippen LogP contribution in [0.15, 0.2) is 12.0 Å². The SMILES string of the molecule is C=CS(=O)(=O)CCOC1C(COS(=O)(=O)[O-])OC(OC)C(NC(C)=O)C1OC1OC(C(=O)O)C(O)C(OC)C1O.[Na+]. The standard InChI is InChI=1S/C20H33NO17S2.Na/c1-5-39(27,28)7-6-34-14-10(8-35-40(29,30)31)36-19(33-4)11(21-9(2)22)15(14)37-20-13(24)16(32-3)12(23)17(38-20)18(25)26;/h5,10-17,19-20,23-24H,1,6-8H2,2-4H3,(H,21,22)(H,25,26)(H,29,30,31);/q;+1/p-1. The van der Waals surface area contributed by atoms with E-state index in [-0.39, 0.29) is 29.6 Å². The monoisotopic (exact) mass is 645 g/mol. The van der Waals surface area contributed by atoms with E-state index in [1.165, 1.54) is 0 Å². The van der Waals surface area contributed by atoms with Gasteiger partial charge in [0.1, 0.15) is 42.7 Å². The number of hydrogen-bond donors (Lipinski definition) is 4. The maximum Gasteiger partial charge on any atom is 1.00 e. The third-order valence-corrected chi connectivity index (χ3v) is 7.58. The zero-order valence-electron chi connectivity index (χ0n) is 22.6. The van der Waals surface area contributed by atoms with Crippen molar-refractivity contribution in [2.75, 3.05) is 33.2 Å². The van der Waals surface area contributed by atoms with Crippen molar-refractivity contribution in [1.29, 1.82) is 0 Å². The minimum absolute atomic E-state index is 0. The van der Waals surface area contributed by atoms with Crippen molar-refractivity contribution >= 4 is 32.1 Å². The Bertz CT molecular complexity index is 1110. The van der Waals surface area contributed by atoms with Crippen LogP contribution in [0.2, 0.25) is 0 Å². The second kappa shape index (κ2) is 16.3. The first kappa shape index (κ1) is 38.2. The van der Waals surface area contributed by atoms with Crippen molar-refractivity contribution in [3.8, 4) is 0 Å². The van der Waals surface area contributed by atoms with E-state index in [0.717, 1.165) is 21.1 Å². The molecule has 2 heterocycles. The van der Waals surface area contributed by atoms with Gasteiger partial charge in [-0.3, -0.25) is 8.98 Å². The molecular weight excluding hydrogens is 613 g/mol. The molecule has 18 nitrogen and oxygen atoms in total. The van der Waals surface area contributed by atoms with Crippen molar-refractivity contribution in [2.45, 2.75) is 68.3 Å². The number of hydrogen-bond acceptors (Lipinski definition) is 16. The summed E-state index contributed by atoms with van der Waals surface area (Å²) in [5.41, 5.74) is 0. The van der Waals surface area contributed by atoms with Crippen LogP contribution < -0.4 is 34.9 Å². The number of nitrogens with one attached hydrogen (secondary N) is 1. The smallest absolute Gasteiger partial charge is 0.726 e. The van der Waals surface area contributed by atoms with E-state index in [9.17, 15) is 46.3 Å². The first-order valence-electron chi connectivity index (χ1n) is 11.5. The number of aliphatic hydroxyl groups excluding tert-OH is 2. The van der Waals surface area contributed by atoms with Gasteiger partial charge in [-0.05, 0) is 0 Å². The van der Waals surface area contributed by atoms with Crippen LogP contribution in [0.25, 0.3) is 0 Å². The molecule has 1 amide bonds. The van der Waals surface area contributed by atoms with Gasteiger partial charge in [0.25, 0.3) is 0 Å². The van der Waals surface area contributed by atoms with Crippen molar-refractivity contribution in [3.05, 3.63) is 12.0 Å². The minimum atomic E-state index is -5.26. The predicted molar refractivity (Wildman–Crippen MR) is 127 cm³/mol. The molecule has 10 atom stereocenters. The van der Waals surface area contributed by atoms with Gasteiger partial charge in [0.05, 0.1) is 19.0 Å². The maximum atomic E-state index is 12.0. The zero-order chi connectivity index (χ0) is 30.4. The molecule has 21 heteroatoms. The number of rotatable bonds is 14. The van der Waals surface area contributed by atoms with Crippen LogP contribution in [0.3, 0.4) is 0 Å². The molecule has 10 unspecified atom stereocenters. The molecule has 0 radical (unpaired) electrons. The van der Waals surface area contributed by atoms with Crippen molar-refractivity contribution < 1.29 is 108 Å². The summed E-state index contributed by atoms with van der Waals surface area (Å²) >= 11 is 0.